The Kier molecular flexibility index (Phi) is 11.1. The quantitative estimate of drug-likeness (QED) is 0.192. The van der Waals surface area contributed by atoms with Crippen molar-refractivity contribution in [2.75, 3.05) is 26.9 Å². The van der Waals surface area contributed by atoms with Crippen LogP contribution in [0.4, 0.5) is 5.69 Å². The third-order valence-corrected chi connectivity index (χ3v) is 9.75. The molecule has 0 spiro atoms. The highest BCUT2D eigenvalue weighted by atomic mass is 32.2. The number of morpholine rings is 1. The van der Waals surface area contributed by atoms with E-state index < -0.39 is 20.6 Å². The fourth-order valence-corrected chi connectivity index (χ4v) is 6.93. The first kappa shape index (κ1) is 33.1. The van der Waals surface area contributed by atoms with E-state index in [0.717, 1.165) is 11.6 Å². The Morgan fingerprint density at radius 1 is 1.11 bits per heavy atom. The molecule has 0 radical (unpaired) electrons. The fraction of sp³-hybridized carbons (Fsp3) is 0.500. The highest BCUT2D eigenvalue weighted by Gasteiger charge is 2.36. The highest BCUT2D eigenvalue weighted by molar-refractivity contribution is 7.89. The van der Waals surface area contributed by atoms with Crippen LogP contribution in [0.2, 0.25) is 0 Å². The molecule has 2 aromatic carbocycles. The predicted molar refractivity (Wildman–Crippen MR) is 163 cm³/mol. The van der Waals surface area contributed by atoms with E-state index in [2.05, 4.69) is 35.1 Å². The Bertz CT molecular complexity index is 1520. The number of nitrogens with one attached hydrogen (secondary N) is 1. The van der Waals surface area contributed by atoms with Gasteiger partial charge in [0.2, 0.25) is 15.9 Å². The Morgan fingerprint density at radius 2 is 1.82 bits per heavy atom. The number of benzene rings is 2. The lowest BCUT2D eigenvalue weighted by atomic mass is 9.85. The summed E-state index contributed by atoms with van der Waals surface area (Å²) in [4.78, 5) is 37.5. The largest absolute Gasteiger partial charge is 0.469 e. The third-order valence-electron chi connectivity index (χ3n) is 8.23. The van der Waals surface area contributed by atoms with Crippen molar-refractivity contribution < 1.29 is 32.4 Å². The molecule has 1 N–H and O–H groups in total. The fourth-order valence-electron chi connectivity index (χ4n) is 5.61. The van der Waals surface area contributed by atoms with Gasteiger partial charge in [0.25, 0.3) is 5.69 Å². The van der Waals surface area contributed by atoms with Crippen LogP contribution in [0.1, 0.15) is 62.6 Å². The Hall–Kier alpha value is -3.79. The van der Waals surface area contributed by atoms with Crippen LogP contribution >= 0.6 is 0 Å². The number of esters is 1. The van der Waals surface area contributed by atoms with Gasteiger partial charge in [-0.25, -0.2) is 13.1 Å². The summed E-state index contributed by atoms with van der Waals surface area (Å²) in [7, 11) is -2.71. The maximum atomic E-state index is 13.3. The molecular formula is C32H39N3O8S. The molecule has 1 heterocycles. The summed E-state index contributed by atoms with van der Waals surface area (Å²) in [6.07, 6.45) is 2.90. The molecule has 11 nitrogen and oxygen atoms in total. The molecule has 12 heteroatoms. The SMILES string of the molecule is COC(=O)CCc1ccc(C#Cc2ccc(S(=O)(=O)N[C@H]3CC[C@H](C(=O)N4CCOC[C@@H]4C(C)C)CC3)cc2[N+](=O)[O-])cc1. The maximum absolute atomic E-state index is 13.3. The second kappa shape index (κ2) is 14.8. The number of hydrogen-bond donors (Lipinski definition) is 1. The predicted octanol–water partition coefficient (Wildman–Crippen LogP) is 3.82. The average Bonchev–Trinajstić information content (AvgIpc) is 3.02. The van der Waals surface area contributed by atoms with E-state index in [0.29, 0.717) is 57.4 Å². The number of amides is 1. The van der Waals surface area contributed by atoms with Gasteiger partial charge in [-0.2, -0.15) is 0 Å². The average molecular weight is 626 g/mol. The molecule has 2 aromatic rings. The lowest BCUT2D eigenvalue weighted by Crippen LogP contribution is -2.53. The number of aryl methyl sites for hydroxylation is 1. The second-order valence-electron chi connectivity index (χ2n) is 11.5. The lowest BCUT2D eigenvalue weighted by molar-refractivity contribution is -0.385. The van der Waals surface area contributed by atoms with Crippen molar-refractivity contribution in [3.8, 4) is 11.8 Å². The van der Waals surface area contributed by atoms with Crippen molar-refractivity contribution in [3.05, 3.63) is 69.3 Å². The number of hydrogen-bond acceptors (Lipinski definition) is 8. The standard InChI is InChI=1S/C32H39N3O8S/c1-22(2)30-21-43-19-18-34(30)32(37)26-11-14-27(15-12-26)33-44(40,41)28-16-13-25(29(20-28)35(38)39)10-8-23-4-6-24(7-5-23)9-17-31(36)42-3/h4-7,13,16,20,22,26-27,30,33H,9,11-12,14-15,17-19,21H2,1-3H3/t26-,27-,30-/m1/s1. The number of methoxy groups -OCH3 is 1. The zero-order chi connectivity index (χ0) is 31.9. The molecular weight excluding hydrogens is 586 g/mol. The minimum Gasteiger partial charge on any atom is -0.469 e. The van der Waals surface area contributed by atoms with Crippen molar-refractivity contribution in [1.82, 2.24) is 9.62 Å². The summed E-state index contributed by atoms with van der Waals surface area (Å²) in [5, 5.41) is 11.8. The summed E-state index contributed by atoms with van der Waals surface area (Å²) >= 11 is 0. The number of ether oxygens (including phenoxy) is 2. The van der Waals surface area contributed by atoms with Crippen LogP contribution < -0.4 is 4.72 Å². The minimum absolute atomic E-state index is 0.0424. The van der Waals surface area contributed by atoms with Gasteiger partial charge in [-0.15, -0.1) is 0 Å². The Morgan fingerprint density at radius 3 is 2.45 bits per heavy atom. The molecule has 44 heavy (non-hydrogen) atoms. The minimum atomic E-state index is -4.04. The normalized spacial score (nSPS) is 20.5. The van der Waals surface area contributed by atoms with E-state index in [-0.39, 0.29) is 52.7 Å². The van der Waals surface area contributed by atoms with Gasteiger partial charge in [-0.05, 0) is 67.9 Å². The molecule has 0 bridgehead atoms. The van der Waals surface area contributed by atoms with Gasteiger partial charge in [-0.3, -0.25) is 19.7 Å². The van der Waals surface area contributed by atoms with E-state index in [4.69, 9.17) is 4.74 Å². The monoisotopic (exact) mass is 625 g/mol. The summed E-state index contributed by atoms with van der Waals surface area (Å²) in [5.74, 6) is 5.58. The molecule has 1 atom stereocenters. The number of carbonyl (C=O) groups excluding carboxylic acids is 2. The van der Waals surface area contributed by atoms with Gasteiger partial charge < -0.3 is 14.4 Å². The number of nitro groups is 1. The van der Waals surface area contributed by atoms with Crippen LogP contribution in [-0.4, -0.2) is 69.1 Å². The van der Waals surface area contributed by atoms with E-state index in [1.165, 1.54) is 19.2 Å². The first-order chi connectivity index (χ1) is 21.0. The second-order valence-corrected chi connectivity index (χ2v) is 13.3. The van der Waals surface area contributed by atoms with Gasteiger partial charge in [0.1, 0.15) is 5.56 Å². The van der Waals surface area contributed by atoms with Crippen molar-refractivity contribution in [2.45, 2.75) is 69.4 Å². The van der Waals surface area contributed by atoms with Crippen molar-refractivity contribution >= 4 is 27.6 Å². The summed E-state index contributed by atoms with van der Waals surface area (Å²) in [5.41, 5.74) is 1.22. The molecule has 2 aliphatic rings. The molecule has 4 rings (SSSR count). The number of carbonyl (C=O) groups is 2. The van der Waals surface area contributed by atoms with E-state index in [1.807, 2.05) is 17.0 Å². The van der Waals surface area contributed by atoms with E-state index in [1.54, 1.807) is 12.1 Å². The highest BCUT2D eigenvalue weighted by Crippen LogP contribution is 2.30. The number of sulfonamides is 1. The lowest BCUT2D eigenvalue weighted by Gasteiger charge is -2.41. The van der Waals surface area contributed by atoms with Crippen LogP contribution in [-0.2, 0) is 35.5 Å². The number of nitrogens with zero attached hydrogens (tertiary/aromatic N) is 2. The molecule has 236 valence electrons. The Labute approximate surface area is 258 Å². The van der Waals surface area contributed by atoms with Crippen LogP contribution in [0.5, 0.6) is 0 Å². The molecule has 2 fully saturated rings. The Balaban J connectivity index is 1.39. The molecule has 1 aliphatic heterocycles. The van der Waals surface area contributed by atoms with Crippen molar-refractivity contribution in [3.63, 3.8) is 0 Å². The van der Waals surface area contributed by atoms with Gasteiger partial charge in [0, 0.05) is 36.6 Å². The molecule has 1 saturated heterocycles. The molecule has 1 saturated carbocycles. The van der Waals surface area contributed by atoms with Crippen LogP contribution in [0, 0.1) is 33.8 Å². The summed E-state index contributed by atoms with van der Waals surface area (Å²) in [6.45, 7) is 5.77. The zero-order valence-corrected chi connectivity index (χ0v) is 26.1. The molecule has 0 unspecified atom stereocenters. The third kappa shape index (κ3) is 8.43. The maximum Gasteiger partial charge on any atom is 0.305 e. The summed E-state index contributed by atoms with van der Waals surface area (Å²) < 4.78 is 39.3. The number of nitro benzene ring substituents is 1. The first-order valence-electron chi connectivity index (χ1n) is 14.8. The van der Waals surface area contributed by atoms with E-state index >= 15 is 0 Å². The smallest absolute Gasteiger partial charge is 0.305 e. The van der Waals surface area contributed by atoms with Crippen LogP contribution in [0.25, 0.3) is 0 Å². The number of rotatable bonds is 9. The first-order valence-corrected chi connectivity index (χ1v) is 16.3. The zero-order valence-electron chi connectivity index (χ0n) is 25.3. The summed E-state index contributed by atoms with van der Waals surface area (Å²) in [6, 6.07) is 10.5. The van der Waals surface area contributed by atoms with Crippen LogP contribution in [0.15, 0.2) is 47.4 Å². The molecule has 0 aromatic heterocycles. The van der Waals surface area contributed by atoms with Crippen molar-refractivity contribution in [2.24, 2.45) is 11.8 Å². The van der Waals surface area contributed by atoms with Gasteiger partial charge in [0.05, 0.1) is 36.2 Å². The van der Waals surface area contributed by atoms with Gasteiger partial charge in [0.15, 0.2) is 0 Å². The topological polar surface area (TPSA) is 145 Å². The molecule has 1 amide bonds. The van der Waals surface area contributed by atoms with Crippen LogP contribution in [0.3, 0.4) is 0 Å². The van der Waals surface area contributed by atoms with Gasteiger partial charge in [-0.1, -0.05) is 37.8 Å². The molecule has 1 aliphatic carbocycles. The van der Waals surface area contributed by atoms with Gasteiger partial charge >= 0.3 is 5.97 Å². The van der Waals surface area contributed by atoms with Crippen molar-refractivity contribution in [1.29, 1.82) is 0 Å². The van der Waals surface area contributed by atoms with E-state index in [9.17, 15) is 28.1 Å².